The minimum Gasteiger partial charge on any atom is -0.289 e. The average molecular weight is 667 g/mol. The lowest BCUT2D eigenvalue weighted by Gasteiger charge is -2.52. The first-order valence-electron chi connectivity index (χ1n) is 18.1. The minimum absolute atomic E-state index is 0.152. The Morgan fingerprint density at radius 1 is 0.212 bits per heavy atom. The van der Waals surface area contributed by atoms with Crippen LogP contribution in [0.15, 0.2) is 166 Å². The molecular weight excluding hydrogens is 641 g/mol. The highest BCUT2D eigenvalue weighted by molar-refractivity contribution is 6.35. The summed E-state index contributed by atoms with van der Waals surface area (Å²) < 4.78 is 0. The monoisotopic (exact) mass is 666 g/mol. The number of allylic oxidation sites excluding steroid dienone is 8. The van der Waals surface area contributed by atoms with Crippen molar-refractivity contribution in [2.24, 2.45) is 0 Å². The summed E-state index contributed by atoms with van der Waals surface area (Å²) in [5.74, 6) is -3.69. The van der Waals surface area contributed by atoms with Gasteiger partial charge in [0.25, 0.3) is 0 Å². The molecule has 242 valence electrons. The van der Waals surface area contributed by atoms with Crippen LogP contribution >= 0.6 is 0 Å². The van der Waals surface area contributed by atoms with Crippen molar-refractivity contribution < 1.29 is 19.2 Å². The Labute approximate surface area is 298 Å². The van der Waals surface area contributed by atoms with Crippen LogP contribution in [0.2, 0.25) is 0 Å². The molecule has 0 saturated carbocycles. The van der Waals surface area contributed by atoms with Crippen molar-refractivity contribution in [2.45, 2.75) is 35.5 Å². The van der Waals surface area contributed by atoms with Crippen LogP contribution in [0.4, 0.5) is 0 Å². The standard InChI is InChI=1S/C48H26O4/c49-45-37-31-21-11-1-2-12-22(21)32(24-14-4-3-13-23(24)31)38(37)46(50)42-36-30-20-10-9-19-29(30)35(41(42)45)43-44(36)48(52)40-34-27-17-7-5-15-25(27)33(39(40)47(43)51)26-16-6-8-18-28(26)34/h1-20,31-36H. The van der Waals surface area contributed by atoms with Gasteiger partial charge in [-0.3, -0.25) is 19.2 Å². The number of carbonyl (C=O) groups is 4. The van der Waals surface area contributed by atoms with E-state index in [1.807, 2.05) is 72.8 Å². The van der Waals surface area contributed by atoms with Gasteiger partial charge in [0.2, 0.25) is 0 Å². The van der Waals surface area contributed by atoms with Crippen LogP contribution in [0.1, 0.15) is 91.1 Å². The molecule has 0 radical (unpaired) electrons. The third-order valence-corrected chi connectivity index (χ3v) is 13.5. The number of Topliss-reactive ketones (excluding diaryl/α,β-unsaturated/α-hetero) is 4. The summed E-state index contributed by atoms with van der Waals surface area (Å²) in [5.41, 5.74) is 14.0. The first kappa shape index (κ1) is 27.5. The Balaban J connectivity index is 1.05. The summed E-state index contributed by atoms with van der Waals surface area (Å²) in [6.45, 7) is 0. The lowest BCUT2D eigenvalue weighted by Crippen LogP contribution is -2.48. The van der Waals surface area contributed by atoms with Crippen molar-refractivity contribution in [1.29, 1.82) is 0 Å². The molecule has 0 heterocycles. The highest BCUT2D eigenvalue weighted by atomic mass is 16.1. The maximum absolute atomic E-state index is 15.5. The van der Waals surface area contributed by atoms with E-state index in [-0.39, 0.29) is 46.8 Å². The van der Waals surface area contributed by atoms with Crippen LogP contribution < -0.4 is 0 Å². The Kier molecular flexibility index (Phi) is 4.73. The van der Waals surface area contributed by atoms with Gasteiger partial charge in [-0.1, -0.05) is 121 Å². The fourth-order valence-electron chi connectivity index (χ4n) is 11.9. The Bertz CT molecular complexity index is 2400. The molecule has 0 atom stereocenters. The van der Waals surface area contributed by atoms with E-state index in [0.29, 0.717) is 44.6 Å². The largest absolute Gasteiger partial charge is 0.289 e. The van der Waals surface area contributed by atoms with E-state index in [9.17, 15) is 0 Å². The lowest BCUT2D eigenvalue weighted by atomic mass is 9.48. The molecule has 0 saturated heterocycles. The maximum Gasteiger partial charge on any atom is 0.187 e. The number of hydrogen-bond donors (Lipinski definition) is 0. The van der Waals surface area contributed by atoms with Gasteiger partial charge in [0.1, 0.15) is 0 Å². The lowest BCUT2D eigenvalue weighted by molar-refractivity contribution is -0.119. The van der Waals surface area contributed by atoms with Crippen molar-refractivity contribution in [2.75, 3.05) is 0 Å². The van der Waals surface area contributed by atoms with Gasteiger partial charge in [0.15, 0.2) is 23.1 Å². The molecule has 16 rings (SSSR count). The predicted octanol–water partition coefficient (Wildman–Crippen LogP) is 7.95. The number of rotatable bonds is 0. The van der Waals surface area contributed by atoms with E-state index in [1.54, 1.807) is 0 Å². The van der Waals surface area contributed by atoms with Crippen LogP contribution in [-0.4, -0.2) is 23.1 Å². The predicted molar refractivity (Wildman–Crippen MR) is 193 cm³/mol. The molecule has 6 bridgehead atoms. The summed E-state index contributed by atoms with van der Waals surface area (Å²) >= 11 is 0. The molecule has 11 aliphatic rings. The summed E-state index contributed by atoms with van der Waals surface area (Å²) in [6.07, 6.45) is 0. The number of ketones is 4. The molecule has 4 nitrogen and oxygen atoms in total. The first-order valence-corrected chi connectivity index (χ1v) is 18.1. The van der Waals surface area contributed by atoms with Crippen molar-refractivity contribution in [3.05, 3.63) is 222 Å². The van der Waals surface area contributed by atoms with Crippen LogP contribution in [0.3, 0.4) is 0 Å². The highest BCUT2D eigenvalue weighted by Gasteiger charge is 2.62. The quantitative estimate of drug-likeness (QED) is 0.157. The third-order valence-electron chi connectivity index (χ3n) is 13.5. The topological polar surface area (TPSA) is 68.3 Å². The number of hydrogen-bond acceptors (Lipinski definition) is 4. The minimum atomic E-state index is -0.793. The molecule has 0 amide bonds. The van der Waals surface area contributed by atoms with Crippen LogP contribution in [-0.2, 0) is 19.2 Å². The molecule has 52 heavy (non-hydrogen) atoms. The van der Waals surface area contributed by atoms with Gasteiger partial charge in [0.05, 0.1) is 0 Å². The summed E-state index contributed by atoms with van der Waals surface area (Å²) in [6, 6.07) is 40.6. The molecule has 0 fully saturated rings. The first-order chi connectivity index (χ1) is 25.6. The normalized spacial score (nSPS) is 27.5. The molecule has 4 heteroatoms. The molecule has 0 spiro atoms. The second kappa shape index (κ2) is 8.96. The molecule has 11 aliphatic carbocycles. The zero-order chi connectivity index (χ0) is 34.3. The smallest absolute Gasteiger partial charge is 0.187 e. The van der Waals surface area contributed by atoms with E-state index in [0.717, 1.165) is 55.6 Å². The van der Waals surface area contributed by atoms with Crippen molar-refractivity contribution in [1.82, 2.24) is 0 Å². The van der Waals surface area contributed by atoms with Gasteiger partial charge in [-0.25, -0.2) is 0 Å². The van der Waals surface area contributed by atoms with E-state index >= 15 is 19.2 Å². The molecule has 0 unspecified atom stereocenters. The second-order valence-corrected chi connectivity index (χ2v) is 15.4. The van der Waals surface area contributed by atoms with E-state index in [2.05, 4.69) is 48.5 Å². The zero-order valence-electron chi connectivity index (χ0n) is 27.6. The molecular formula is C48H26O4. The fourth-order valence-corrected chi connectivity index (χ4v) is 11.9. The van der Waals surface area contributed by atoms with E-state index in [4.69, 9.17) is 0 Å². The van der Waals surface area contributed by atoms with Gasteiger partial charge < -0.3 is 0 Å². The Morgan fingerprint density at radius 3 is 0.519 bits per heavy atom. The van der Waals surface area contributed by atoms with Gasteiger partial charge in [-0.05, 0) is 55.6 Å². The number of benzene rings is 5. The molecule has 5 aromatic rings. The van der Waals surface area contributed by atoms with Gasteiger partial charge >= 0.3 is 0 Å². The molecule has 0 aliphatic heterocycles. The summed E-state index contributed by atoms with van der Waals surface area (Å²) in [5, 5.41) is 0. The maximum atomic E-state index is 15.5. The van der Waals surface area contributed by atoms with Crippen LogP contribution in [0, 0.1) is 0 Å². The van der Waals surface area contributed by atoms with Crippen molar-refractivity contribution in [3.63, 3.8) is 0 Å². The zero-order valence-corrected chi connectivity index (χ0v) is 27.6. The molecule has 0 aromatic heterocycles. The van der Waals surface area contributed by atoms with Gasteiger partial charge in [0, 0.05) is 80.1 Å². The Hall–Kier alpha value is -6.26. The van der Waals surface area contributed by atoms with Crippen LogP contribution in [0.25, 0.3) is 0 Å². The van der Waals surface area contributed by atoms with Gasteiger partial charge in [-0.2, -0.15) is 0 Å². The number of carbonyl (C=O) groups excluding carboxylic acids is 4. The van der Waals surface area contributed by atoms with Crippen molar-refractivity contribution in [3.8, 4) is 0 Å². The van der Waals surface area contributed by atoms with E-state index < -0.39 is 11.8 Å². The van der Waals surface area contributed by atoms with Crippen LogP contribution in [0.5, 0.6) is 0 Å². The molecule has 0 N–H and O–H groups in total. The van der Waals surface area contributed by atoms with Gasteiger partial charge in [-0.15, -0.1) is 0 Å². The Morgan fingerprint density at radius 2 is 0.346 bits per heavy atom. The van der Waals surface area contributed by atoms with E-state index in [1.165, 1.54) is 0 Å². The SMILES string of the molecule is O=C1C2=C(C(=O)C3=C1C1c4ccccc4C3c3ccccc31)C1C3=C(C(=O)C4=C(C3=O)C3c5ccccc5C4c4ccccc43)C2c2ccccc21. The molecule has 5 aromatic carbocycles. The summed E-state index contributed by atoms with van der Waals surface area (Å²) in [4.78, 5) is 61.8. The third kappa shape index (κ3) is 2.81. The highest BCUT2D eigenvalue weighted by Crippen LogP contribution is 2.67. The summed E-state index contributed by atoms with van der Waals surface area (Å²) in [7, 11) is 0. The van der Waals surface area contributed by atoms with Crippen molar-refractivity contribution >= 4 is 23.1 Å². The average Bonchev–Trinajstić information content (AvgIpc) is 3.20. The fraction of sp³-hybridized carbons (Fsp3) is 0.125. The second-order valence-electron chi connectivity index (χ2n) is 15.4.